The highest BCUT2D eigenvalue weighted by Gasteiger charge is 2.36. The van der Waals surface area contributed by atoms with Gasteiger partial charge in [-0.05, 0) is 25.8 Å². The van der Waals surface area contributed by atoms with Crippen LogP contribution in [-0.4, -0.2) is 60.4 Å². The normalized spacial score (nSPS) is 19.7. The van der Waals surface area contributed by atoms with E-state index in [0.717, 1.165) is 10.9 Å². The Morgan fingerprint density at radius 2 is 2.07 bits per heavy atom. The molecule has 0 bridgehead atoms. The number of fused-ring (bicyclic) bond motifs is 1. The molecule has 1 aliphatic rings. The monoisotopic (exact) mass is 392 g/mol. The van der Waals surface area contributed by atoms with Gasteiger partial charge in [-0.15, -0.1) is 0 Å². The van der Waals surface area contributed by atoms with E-state index in [4.69, 9.17) is 4.74 Å². The van der Waals surface area contributed by atoms with Crippen molar-refractivity contribution in [1.29, 1.82) is 0 Å². The summed E-state index contributed by atoms with van der Waals surface area (Å²) in [6, 6.07) is 6.86. The molecule has 8 heteroatoms. The first-order valence-electron chi connectivity index (χ1n) is 9.07. The average Bonchev–Trinajstić information content (AvgIpc) is 3.23. The van der Waals surface area contributed by atoms with E-state index in [1.165, 1.54) is 0 Å². The summed E-state index contributed by atoms with van der Waals surface area (Å²) in [5, 5.41) is 0.732. The van der Waals surface area contributed by atoms with Crippen molar-refractivity contribution in [2.75, 3.05) is 18.1 Å². The number of rotatable bonds is 6. The third kappa shape index (κ3) is 4.16. The number of aromatic nitrogens is 1. The molecule has 1 aromatic heterocycles. The molecule has 2 atom stereocenters. The fourth-order valence-corrected chi connectivity index (χ4v) is 5.23. The van der Waals surface area contributed by atoms with Crippen molar-refractivity contribution in [2.24, 2.45) is 0 Å². The van der Waals surface area contributed by atoms with Gasteiger partial charge in [-0.3, -0.25) is 4.79 Å². The Hall–Kier alpha value is -2.35. The molecule has 7 nitrogen and oxygen atoms in total. The maximum atomic E-state index is 12.7. The number of benzene rings is 1. The number of ether oxygens (including phenoxy) is 1. The summed E-state index contributed by atoms with van der Waals surface area (Å²) in [5.41, 5.74) is 1.19. The van der Waals surface area contributed by atoms with E-state index in [9.17, 15) is 18.0 Å². The lowest BCUT2D eigenvalue weighted by atomic mass is 10.1. The molecule has 0 unspecified atom stereocenters. The van der Waals surface area contributed by atoms with Crippen molar-refractivity contribution in [3.8, 4) is 0 Å². The van der Waals surface area contributed by atoms with Crippen LogP contribution in [0.3, 0.4) is 0 Å². The molecule has 1 fully saturated rings. The smallest absolute Gasteiger partial charge is 0.340 e. The fourth-order valence-electron chi connectivity index (χ4n) is 3.52. The van der Waals surface area contributed by atoms with Crippen LogP contribution in [0.2, 0.25) is 0 Å². The maximum Gasteiger partial charge on any atom is 0.340 e. The topological polar surface area (TPSA) is 96.5 Å². The van der Waals surface area contributed by atoms with Crippen molar-refractivity contribution >= 4 is 32.6 Å². The van der Waals surface area contributed by atoms with Gasteiger partial charge in [0.2, 0.25) is 0 Å². The number of para-hydroxylation sites is 1. The first-order chi connectivity index (χ1) is 12.8. The first kappa shape index (κ1) is 19.4. The summed E-state index contributed by atoms with van der Waals surface area (Å²) in [4.78, 5) is 29.7. The van der Waals surface area contributed by atoms with Crippen molar-refractivity contribution in [3.05, 3.63) is 36.0 Å². The Morgan fingerprint density at radius 3 is 2.74 bits per heavy atom. The van der Waals surface area contributed by atoms with Gasteiger partial charge in [0.25, 0.3) is 5.91 Å². The van der Waals surface area contributed by atoms with Crippen molar-refractivity contribution in [1.82, 2.24) is 9.88 Å². The fraction of sp³-hybridized carbons (Fsp3) is 0.474. The van der Waals surface area contributed by atoms with Crippen LogP contribution in [0.25, 0.3) is 10.9 Å². The number of sulfone groups is 1. The van der Waals surface area contributed by atoms with Gasteiger partial charge in [0, 0.05) is 29.2 Å². The zero-order valence-electron chi connectivity index (χ0n) is 15.5. The molecule has 146 valence electrons. The van der Waals surface area contributed by atoms with E-state index in [-0.39, 0.29) is 29.5 Å². The second kappa shape index (κ2) is 7.72. The summed E-state index contributed by atoms with van der Waals surface area (Å²) < 4.78 is 28.8. The predicted molar refractivity (Wildman–Crippen MR) is 102 cm³/mol. The number of nitrogens with zero attached hydrogens (tertiary/aromatic N) is 1. The standard InChI is InChI=1S/C19H24N2O5S/c1-3-13(2)21(14-8-9-27(24,25)12-14)18(22)11-26-19(23)16-10-20-17-7-5-4-6-15(16)17/h4-7,10,13-14,20H,3,8-9,11-12H2,1-2H3/t13-,14-/m1/s1. The van der Waals surface area contributed by atoms with E-state index in [0.29, 0.717) is 18.4 Å². The Balaban J connectivity index is 1.69. The predicted octanol–water partition coefficient (Wildman–Crippen LogP) is 2.14. The molecule has 1 aliphatic heterocycles. The lowest BCUT2D eigenvalue weighted by Crippen LogP contribution is -2.48. The lowest BCUT2D eigenvalue weighted by molar-refractivity contribution is -0.138. The van der Waals surface area contributed by atoms with E-state index >= 15 is 0 Å². The summed E-state index contributed by atoms with van der Waals surface area (Å²) in [7, 11) is -3.11. The minimum Gasteiger partial charge on any atom is -0.452 e. The third-order valence-electron chi connectivity index (χ3n) is 5.09. The van der Waals surface area contributed by atoms with Gasteiger partial charge in [-0.25, -0.2) is 13.2 Å². The highest BCUT2D eigenvalue weighted by atomic mass is 32.2. The summed E-state index contributed by atoms with van der Waals surface area (Å²) >= 11 is 0. The quantitative estimate of drug-likeness (QED) is 0.760. The van der Waals surface area contributed by atoms with Gasteiger partial charge in [0.15, 0.2) is 16.4 Å². The molecule has 2 aromatic rings. The van der Waals surface area contributed by atoms with Crippen molar-refractivity contribution < 1.29 is 22.7 Å². The SMILES string of the molecule is CC[C@@H](C)N(C(=O)COC(=O)c1c[nH]c2ccccc12)[C@@H]1CCS(=O)(=O)C1. The minimum absolute atomic E-state index is 0.0283. The Bertz CT molecular complexity index is 950. The number of esters is 1. The molecule has 1 saturated heterocycles. The summed E-state index contributed by atoms with van der Waals surface area (Å²) in [5.74, 6) is -0.879. The van der Waals surface area contributed by atoms with E-state index in [1.54, 1.807) is 17.2 Å². The van der Waals surface area contributed by atoms with Gasteiger partial charge in [0.1, 0.15) is 0 Å². The van der Waals surface area contributed by atoms with Crippen molar-refractivity contribution in [3.63, 3.8) is 0 Å². The van der Waals surface area contributed by atoms with Gasteiger partial charge >= 0.3 is 5.97 Å². The van der Waals surface area contributed by atoms with Gasteiger partial charge in [-0.1, -0.05) is 25.1 Å². The largest absolute Gasteiger partial charge is 0.452 e. The van der Waals surface area contributed by atoms with E-state index in [1.807, 2.05) is 32.0 Å². The molecule has 3 rings (SSSR count). The molecular weight excluding hydrogens is 368 g/mol. The molecule has 1 N–H and O–H groups in total. The number of hydrogen-bond acceptors (Lipinski definition) is 5. The number of amides is 1. The highest BCUT2D eigenvalue weighted by molar-refractivity contribution is 7.91. The van der Waals surface area contributed by atoms with Crippen LogP contribution in [-0.2, 0) is 19.4 Å². The van der Waals surface area contributed by atoms with Gasteiger partial charge in [0.05, 0.1) is 17.1 Å². The van der Waals surface area contributed by atoms with Crippen LogP contribution in [0.5, 0.6) is 0 Å². The molecule has 0 spiro atoms. The lowest BCUT2D eigenvalue weighted by Gasteiger charge is -2.33. The average molecular weight is 392 g/mol. The zero-order chi connectivity index (χ0) is 19.6. The summed E-state index contributed by atoms with van der Waals surface area (Å²) in [6.07, 6.45) is 2.68. The zero-order valence-corrected chi connectivity index (χ0v) is 16.3. The highest BCUT2D eigenvalue weighted by Crippen LogP contribution is 2.22. The Kier molecular flexibility index (Phi) is 5.55. The number of H-pyrrole nitrogens is 1. The van der Waals surface area contributed by atoms with Crippen LogP contribution in [0.1, 0.15) is 37.0 Å². The van der Waals surface area contributed by atoms with Gasteiger partial charge in [-0.2, -0.15) is 0 Å². The number of hydrogen-bond donors (Lipinski definition) is 1. The van der Waals surface area contributed by atoms with E-state index < -0.39 is 22.4 Å². The van der Waals surface area contributed by atoms with Crippen LogP contribution in [0.15, 0.2) is 30.5 Å². The van der Waals surface area contributed by atoms with Gasteiger partial charge < -0.3 is 14.6 Å². The molecule has 1 amide bonds. The second-order valence-electron chi connectivity index (χ2n) is 6.94. The molecule has 2 heterocycles. The number of aromatic amines is 1. The molecule has 1 aromatic carbocycles. The van der Waals surface area contributed by atoms with Crippen LogP contribution < -0.4 is 0 Å². The molecule has 0 radical (unpaired) electrons. The maximum absolute atomic E-state index is 12.7. The number of carbonyl (C=O) groups excluding carboxylic acids is 2. The Labute approximate surface area is 158 Å². The summed E-state index contributed by atoms with van der Waals surface area (Å²) in [6.45, 7) is 3.41. The first-order valence-corrected chi connectivity index (χ1v) is 10.9. The Morgan fingerprint density at radius 1 is 1.33 bits per heavy atom. The molecule has 0 aliphatic carbocycles. The molecular formula is C19H24N2O5S. The number of nitrogens with one attached hydrogen (secondary N) is 1. The third-order valence-corrected chi connectivity index (χ3v) is 6.84. The number of carbonyl (C=O) groups is 2. The van der Waals surface area contributed by atoms with Crippen LogP contribution in [0, 0.1) is 0 Å². The molecule has 27 heavy (non-hydrogen) atoms. The van der Waals surface area contributed by atoms with Crippen molar-refractivity contribution in [2.45, 2.75) is 38.8 Å². The van der Waals surface area contributed by atoms with Crippen LogP contribution >= 0.6 is 0 Å². The second-order valence-corrected chi connectivity index (χ2v) is 9.17. The minimum atomic E-state index is -3.11. The molecule has 0 saturated carbocycles. The van der Waals surface area contributed by atoms with Crippen LogP contribution in [0.4, 0.5) is 0 Å². The van der Waals surface area contributed by atoms with E-state index in [2.05, 4.69) is 4.98 Å².